The molecule has 2 atom stereocenters. The highest BCUT2D eigenvalue weighted by Gasteiger charge is 2.14. The Hall–Kier alpha value is -2.17. The molecule has 0 aliphatic rings. The summed E-state index contributed by atoms with van der Waals surface area (Å²) >= 11 is 0. The fourth-order valence-corrected chi connectivity index (χ4v) is 5.22. The van der Waals surface area contributed by atoms with E-state index >= 15 is 0 Å². The molecule has 0 spiro atoms. The van der Waals surface area contributed by atoms with E-state index in [4.69, 9.17) is 23.1 Å². The summed E-state index contributed by atoms with van der Waals surface area (Å²) in [5.41, 5.74) is 2.13. The fraction of sp³-hybridized carbons (Fsp3) is 0.676. The fourth-order valence-electron chi connectivity index (χ4n) is 4.82. The number of ether oxygens (including phenoxy) is 4. The van der Waals surface area contributed by atoms with E-state index in [1.165, 1.54) is 57.8 Å². The number of hydrogen-bond acceptors (Lipinski definition) is 8. The molecule has 0 aromatic heterocycles. The van der Waals surface area contributed by atoms with Gasteiger partial charge < -0.3 is 24.1 Å². The van der Waals surface area contributed by atoms with Crippen molar-refractivity contribution in [2.45, 2.75) is 129 Å². The average Bonchev–Trinajstić information content (AvgIpc) is 3.06. The molecule has 2 rings (SSSR count). The molecule has 2 aromatic carbocycles. The Labute approximate surface area is 280 Å². The summed E-state index contributed by atoms with van der Waals surface area (Å²) in [6.45, 7) is 5.58. The minimum Gasteiger partial charge on any atom is -0.497 e. The minimum absolute atomic E-state index is 0.0433. The third-order valence-electron chi connectivity index (χ3n) is 7.72. The Balaban J connectivity index is 0.000000467. The average molecular weight is 667 g/mol. The molecule has 264 valence electrons. The SMILES string of the molecule is CCCCCCCCC(CO)OCc1ccc(OC)cc1.CCCCCCCCC(COS(C)(=O)=O)OCc1ccc(OC)cc1. The van der Waals surface area contributed by atoms with Crippen LogP contribution in [0.1, 0.15) is 115 Å². The number of benzene rings is 2. The Morgan fingerprint density at radius 3 is 1.39 bits per heavy atom. The molecule has 46 heavy (non-hydrogen) atoms. The van der Waals surface area contributed by atoms with E-state index in [1.54, 1.807) is 14.2 Å². The molecule has 1 N–H and O–H groups in total. The maximum Gasteiger partial charge on any atom is 0.264 e. The maximum absolute atomic E-state index is 11.2. The van der Waals surface area contributed by atoms with Gasteiger partial charge >= 0.3 is 0 Å². The van der Waals surface area contributed by atoms with Crippen LogP contribution in [0.25, 0.3) is 0 Å². The first kappa shape index (κ1) is 41.9. The summed E-state index contributed by atoms with van der Waals surface area (Å²) < 4.78 is 49.4. The second kappa shape index (κ2) is 26.9. The molecular formula is C37H62O8S. The predicted octanol–water partition coefficient (Wildman–Crippen LogP) is 8.63. The van der Waals surface area contributed by atoms with Gasteiger partial charge in [-0.3, -0.25) is 4.18 Å². The Bertz CT molecular complexity index is 1070. The molecule has 0 saturated heterocycles. The van der Waals surface area contributed by atoms with Gasteiger partial charge in [0.25, 0.3) is 10.1 Å². The van der Waals surface area contributed by atoms with Crippen LogP contribution in [0.15, 0.2) is 48.5 Å². The van der Waals surface area contributed by atoms with E-state index in [2.05, 4.69) is 13.8 Å². The Morgan fingerprint density at radius 2 is 1.00 bits per heavy atom. The van der Waals surface area contributed by atoms with Crippen LogP contribution < -0.4 is 9.47 Å². The van der Waals surface area contributed by atoms with Crippen LogP contribution in [0.4, 0.5) is 0 Å². The molecule has 0 bridgehead atoms. The first-order valence-corrected chi connectivity index (χ1v) is 19.0. The van der Waals surface area contributed by atoms with Crippen LogP contribution in [-0.4, -0.2) is 59.4 Å². The number of aliphatic hydroxyl groups is 1. The third kappa shape index (κ3) is 22.4. The lowest BCUT2D eigenvalue weighted by Gasteiger charge is -2.17. The second-order valence-corrected chi connectivity index (χ2v) is 13.5. The summed E-state index contributed by atoms with van der Waals surface area (Å²) in [6.07, 6.45) is 17.3. The largest absolute Gasteiger partial charge is 0.497 e. The zero-order valence-electron chi connectivity index (χ0n) is 29.2. The van der Waals surface area contributed by atoms with Gasteiger partial charge in [0.1, 0.15) is 11.5 Å². The summed E-state index contributed by atoms with van der Waals surface area (Å²) in [4.78, 5) is 0. The molecule has 2 aromatic rings. The van der Waals surface area contributed by atoms with Crippen molar-refractivity contribution in [2.75, 3.05) is 33.7 Å². The summed E-state index contributed by atoms with van der Waals surface area (Å²) in [6, 6.07) is 15.5. The standard InChI is InChI=1S/C19H32O5S.C18H30O3/c1-4-5-6-7-8-9-10-19(16-24-25(3,20)21)23-15-17-11-13-18(22-2)14-12-17;1-3-4-5-6-7-8-9-18(14-19)21-15-16-10-12-17(20-2)13-11-16/h11-14,19H,4-10,15-16H2,1-3H3;10-13,18-19H,3-9,14-15H2,1-2H3. The molecular weight excluding hydrogens is 604 g/mol. The van der Waals surface area contributed by atoms with Gasteiger partial charge in [-0.15, -0.1) is 0 Å². The van der Waals surface area contributed by atoms with Gasteiger partial charge in [0.15, 0.2) is 0 Å². The van der Waals surface area contributed by atoms with Gasteiger partial charge in [0.2, 0.25) is 0 Å². The minimum atomic E-state index is -3.45. The van der Waals surface area contributed by atoms with Gasteiger partial charge in [-0.1, -0.05) is 115 Å². The topological polar surface area (TPSA) is 101 Å². The molecule has 8 nitrogen and oxygen atoms in total. The van der Waals surface area contributed by atoms with Crippen molar-refractivity contribution in [3.05, 3.63) is 59.7 Å². The van der Waals surface area contributed by atoms with Crippen LogP contribution in [0.2, 0.25) is 0 Å². The maximum atomic E-state index is 11.2. The van der Waals surface area contributed by atoms with Crippen molar-refractivity contribution in [3.63, 3.8) is 0 Å². The Kier molecular flexibility index (Phi) is 24.4. The summed E-state index contributed by atoms with van der Waals surface area (Å²) in [5, 5.41) is 9.38. The number of methoxy groups -OCH3 is 2. The van der Waals surface area contributed by atoms with Crippen LogP contribution in [0, 0.1) is 0 Å². The van der Waals surface area contributed by atoms with Gasteiger partial charge in [-0.05, 0) is 48.2 Å². The van der Waals surface area contributed by atoms with Crippen LogP contribution in [0.5, 0.6) is 11.5 Å². The first-order valence-electron chi connectivity index (χ1n) is 17.2. The molecule has 9 heteroatoms. The zero-order valence-corrected chi connectivity index (χ0v) is 30.0. The van der Waals surface area contributed by atoms with Gasteiger partial charge in [0.05, 0.1) is 59.1 Å². The van der Waals surface area contributed by atoms with Crippen molar-refractivity contribution in [3.8, 4) is 11.5 Å². The van der Waals surface area contributed by atoms with E-state index in [-0.39, 0.29) is 25.4 Å². The van der Waals surface area contributed by atoms with Gasteiger partial charge in [-0.2, -0.15) is 8.42 Å². The molecule has 0 saturated carbocycles. The highest BCUT2D eigenvalue weighted by molar-refractivity contribution is 7.85. The van der Waals surface area contributed by atoms with Gasteiger partial charge in [-0.25, -0.2) is 0 Å². The number of aliphatic hydroxyl groups excluding tert-OH is 1. The number of rotatable bonds is 26. The van der Waals surface area contributed by atoms with Crippen molar-refractivity contribution >= 4 is 10.1 Å². The molecule has 2 unspecified atom stereocenters. The van der Waals surface area contributed by atoms with E-state index in [9.17, 15) is 13.5 Å². The van der Waals surface area contributed by atoms with Crippen molar-refractivity contribution in [1.29, 1.82) is 0 Å². The van der Waals surface area contributed by atoms with Crippen molar-refractivity contribution in [2.24, 2.45) is 0 Å². The number of unbranched alkanes of at least 4 members (excludes halogenated alkanes) is 10. The second-order valence-electron chi connectivity index (χ2n) is 11.8. The lowest BCUT2D eigenvalue weighted by molar-refractivity contribution is -0.00349. The Morgan fingerprint density at radius 1 is 0.609 bits per heavy atom. The highest BCUT2D eigenvalue weighted by Crippen LogP contribution is 2.17. The van der Waals surface area contributed by atoms with Crippen LogP contribution in [0.3, 0.4) is 0 Å². The van der Waals surface area contributed by atoms with E-state index in [1.807, 2.05) is 48.5 Å². The van der Waals surface area contributed by atoms with Crippen LogP contribution in [-0.2, 0) is 37.0 Å². The zero-order chi connectivity index (χ0) is 33.9. The lowest BCUT2D eigenvalue weighted by Crippen LogP contribution is -2.22. The smallest absolute Gasteiger partial charge is 0.264 e. The van der Waals surface area contributed by atoms with Crippen LogP contribution >= 0.6 is 0 Å². The van der Waals surface area contributed by atoms with Crippen molar-refractivity contribution < 1.29 is 36.7 Å². The number of hydrogen-bond donors (Lipinski definition) is 1. The quantitative estimate of drug-likeness (QED) is 0.0787. The molecule has 0 fully saturated rings. The van der Waals surface area contributed by atoms with E-state index < -0.39 is 10.1 Å². The third-order valence-corrected chi connectivity index (χ3v) is 8.28. The molecule has 0 amide bonds. The predicted molar refractivity (Wildman–Crippen MR) is 187 cm³/mol. The molecule has 0 heterocycles. The molecule has 0 radical (unpaired) electrons. The monoisotopic (exact) mass is 666 g/mol. The van der Waals surface area contributed by atoms with Gasteiger partial charge in [0, 0.05) is 0 Å². The molecule has 0 aliphatic carbocycles. The van der Waals surface area contributed by atoms with E-state index in [0.29, 0.717) is 13.2 Å². The van der Waals surface area contributed by atoms with E-state index in [0.717, 1.165) is 61.0 Å². The highest BCUT2D eigenvalue weighted by atomic mass is 32.2. The molecule has 0 aliphatic heterocycles. The van der Waals surface area contributed by atoms with Crippen molar-refractivity contribution in [1.82, 2.24) is 0 Å². The lowest BCUT2D eigenvalue weighted by atomic mass is 10.1. The summed E-state index contributed by atoms with van der Waals surface area (Å²) in [7, 11) is -0.160. The normalized spacial score (nSPS) is 12.7. The first-order chi connectivity index (χ1) is 22.2. The summed E-state index contributed by atoms with van der Waals surface area (Å²) in [5.74, 6) is 1.65.